The fourth-order valence-corrected chi connectivity index (χ4v) is 12.1. The smallest absolute Gasteiger partial charge is 0.246 e. The highest BCUT2D eigenvalue weighted by Gasteiger charge is 2.26. The average Bonchev–Trinajstić information content (AvgIpc) is 3.37. The molecular weight excluding hydrogens is 1310 g/mol. The van der Waals surface area contributed by atoms with Crippen LogP contribution in [0, 0.1) is 0 Å². The highest BCUT2D eigenvalue weighted by Crippen LogP contribution is 2.35. The number of rotatable bonds is 30. The molecule has 9 aromatic rings. The molecule has 0 spiro atoms. The van der Waals surface area contributed by atoms with Gasteiger partial charge in [0, 0.05) is 87.7 Å². The Bertz CT molecular complexity index is 3490. The number of H-pyrrole nitrogens is 3. The second kappa shape index (κ2) is 31.3. The summed E-state index contributed by atoms with van der Waals surface area (Å²) < 4.78 is 2.67. The van der Waals surface area contributed by atoms with Crippen LogP contribution in [0.1, 0.15) is 97.1 Å². The molecule has 0 saturated carbocycles. The first-order valence-electron chi connectivity index (χ1n) is 29.6. The number of benzene rings is 6. The van der Waals surface area contributed by atoms with Crippen molar-refractivity contribution < 1.29 is 28.8 Å². The SMILES string of the molecule is NCCCC[C@H](NC(=O)Cc1c[nH]c2ccc(Br)cc12)C(=O)Nc1ccc(C(c2ccc(NC(=O)[C@H](CCCCN)NC(=O)Cc3c[nH]c4ccc(Br)cc34)cc2)c2ccc(NC(=O)[C@H](CCCCN)NC(=O)Cc3c[nH]c4ccc(Br)cc34)cc2)cc1. The van der Waals surface area contributed by atoms with Crippen LogP contribution in [0.25, 0.3) is 32.7 Å². The zero-order valence-electron chi connectivity index (χ0n) is 48.6. The first kappa shape index (κ1) is 64.6. The zero-order valence-corrected chi connectivity index (χ0v) is 53.3. The van der Waals surface area contributed by atoms with E-state index in [9.17, 15) is 28.8 Å². The van der Waals surface area contributed by atoms with Crippen LogP contribution in [0.3, 0.4) is 0 Å². The molecule has 0 bridgehead atoms. The van der Waals surface area contributed by atoms with E-state index < -0.39 is 24.0 Å². The van der Waals surface area contributed by atoms with Crippen molar-refractivity contribution in [3.8, 4) is 0 Å². The van der Waals surface area contributed by atoms with Gasteiger partial charge in [-0.15, -0.1) is 0 Å². The summed E-state index contributed by atoms with van der Waals surface area (Å²) in [7, 11) is 0. The van der Waals surface area contributed by atoms with Gasteiger partial charge in [-0.1, -0.05) is 84.2 Å². The minimum Gasteiger partial charge on any atom is -0.361 e. The van der Waals surface area contributed by atoms with Gasteiger partial charge in [0.15, 0.2) is 0 Å². The van der Waals surface area contributed by atoms with E-state index in [4.69, 9.17) is 17.2 Å². The summed E-state index contributed by atoms with van der Waals surface area (Å²) in [6, 6.07) is 37.5. The molecule has 0 radical (unpaired) electrons. The molecule has 6 amide bonds. The van der Waals surface area contributed by atoms with Crippen LogP contribution in [-0.4, -0.2) is 88.2 Å². The minimum absolute atomic E-state index is 0.0768. The molecule has 15 N–H and O–H groups in total. The standard InChI is InChI=1S/C67H73Br3N12O6/c68-46-16-25-55-52(34-46)43(37-74-55)31-61(83)80-58(7-1-4-28-71)65(86)77-49-19-10-40(11-20-49)64(41-12-21-50(22-13-41)78-66(87)59(8-2-5-29-72)81-62(84)32-44-38-75-56-26-17-47(69)35-53(44)56)42-14-23-51(24-15-42)79-67(88)60(9-3-6-30-73)82-63(85)33-45-39-76-57-27-18-48(70)36-54(45)57/h10-27,34-39,58-60,64,74-76H,1-9,28-33,71-73H2,(H,77,86)(H,78,87)(H,79,88)(H,80,83)(H,81,84)(H,82,85)/t58-,59-,60-/m0/s1. The van der Waals surface area contributed by atoms with Crippen LogP contribution in [0.5, 0.6) is 0 Å². The minimum atomic E-state index is -0.822. The second-order valence-electron chi connectivity index (χ2n) is 22.0. The predicted molar refractivity (Wildman–Crippen MR) is 360 cm³/mol. The van der Waals surface area contributed by atoms with Crippen LogP contribution in [0.15, 0.2) is 159 Å². The first-order valence-corrected chi connectivity index (χ1v) is 32.0. The molecule has 0 aliphatic carbocycles. The summed E-state index contributed by atoms with van der Waals surface area (Å²) in [5.41, 5.74) is 26.8. The Hall–Kier alpha value is -7.92. The van der Waals surface area contributed by atoms with Crippen molar-refractivity contribution >= 4 is 133 Å². The van der Waals surface area contributed by atoms with Gasteiger partial charge in [0.25, 0.3) is 0 Å². The van der Waals surface area contributed by atoms with Gasteiger partial charge in [-0.05, 0) is 202 Å². The van der Waals surface area contributed by atoms with E-state index in [0.717, 1.165) is 79.5 Å². The van der Waals surface area contributed by atoms with Crippen LogP contribution in [0.2, 0.25) is 0 Å². The monoisotopic (exact) mass is 1380 g/mol. The Morgan fingerprint density at radius 3 is 0.909 bits per heavy atom. The van der Waals surface area contributed by atoms with Crippen molar-refractivity contribution in [2.75, 3.05) is 35.6 Å². The van der Waals surface area contributed by atoms with Crippen LogP contribution in [0.4, 0.5) is 17.1 Å². The molecule has 3 heterocycles. The lowest BCUT2D eigenvalue weighted by Gasteiger charge is -2.22. The number of amides is 6. The molecule has 21 heteroatoms. The van der Waals surface area contributed by atoms with E-state index >= 15 is 0 Å². The maximum Gasteiger partial charge on any atom is 0.246 e. The van der Waals surface area contributed by atoms with E-state index in [1.807, 2.05) is 146 Å². The Kier molecular flexibility index (Phi) is 23.0. The summed E-state index contributed by atoms with van der Waals surface area (Å²) in [5.74, 6) is -2.34. The normalized spacial score (nSPS) is 12.4. The fourth-order valence-electron chi connectivity index (χ4n) is 11.0. The molecule has 18 nitrogen and oxygen atoms in total. The largest absolute Gasteiger partial charge is 0.361 e. The summed E-state index contributed by atoms with van der Waals surface area (Å²) in [5, 5.41) is 20.8. The van der Waals surface area contributed by atoms with Gasteiger partial charge in [0.05, 0.1) is 19.3 Å². The van der Waals surface area contributed by atoms with Crippen molar-refractivity contribution in [3.05, 3.63) is 193 Å². The summed E-state index contributed by atoms with van der Waals surface area (Å²) in [6.45, 7) is 1.36. The van der Waals surface area contributed by atoms with Crippen molar-refractivity contribution in [2.24, 2.45) is 17.2 Å². The molecule has 0 fully saturated rings. The number of unbranched alkanes of at least 4 members (excludes halogenated alkanes) is 3. The topological polar surface area (TPSA) is 300 Å². The lowest BCUT2D eigenvalue weighted by Crippen LogP contribution is -2.44. The van der Waals surface area contributed by atoms with E-state index in [0.29, 0.717) is 94.5 Å². The van der Waals surface area contributed by atoms with E-state index in [1.165, 1.54) is 0 Å². The van der Waals surface area contributed by atoms with Crippen molar-refractivity contribution in [3.63, 3.8) is 0 Å². The number of nitrogens with two attached hydrogens (primary N) is 3. The number of anilines is 3. The van der Waals surface area contributed by atoms with Crippen LogP contribution in [-0.2, 0) is 48.0 Å². The number of nitrogens with one attached hydrogen (secondary N) is 9. The van der Waals surface area contributed by atoms with Gasteiger partial charge >= 0.3 is 0 Å². The zero-order chi connectivity index (χ0) is 62.1. The van der Waals surface area contributed by atoms with Gasteiger partial charge in [0.1, 0.15) is 18.1 Å². The third-order valence-corrected chi connectivity index (χ3v) is 17.1. The number of halogens is 3. The van der Waals surface area contributed by atoms with Gasteiger partial charge in [0.2, 0.25) is 35.4 Å². The second-order valence-corrected chi connectivity index (χ2v) is 24.8. The molecule has 3 atom stereocenters. The number of carbonyl (C=O) groups excluding carboxylic acids is 6. The maximum absolute atomic E-state index is 14.0. The van der Waals surface area contributed by atoms with Crippen LogP contribution >= 0.6 is 47.8 Å². The molecule has 9 rings (SSSR count). The number of hydrogen-bond acceptors (Lipinski definition) is 9. The highest BCUT2D eigenvalue weighted by atomic mass is 79.9. The van der Waals surface area contributed by atoms with Gasteiger partial charge in [-0.2, -0.15) is 0 Å². The average molecular weight is 1380 g/mol. The molecule has 6 aromatic carbocycles. The van der Waals surface area contributed by atoms with E-state index in [-0.39, 0.29) is 54.7 Å². The van der Waals surface area contributed by atoms with Gasteiger partial charge in [-0.3, -0.25) is 28.8 Å². The number of aromatic amines is 3. The lowest BCUT2D eigenvalue weighted by molar-refractivity contribution is -0.126. The predicted octanol–water partition coefficient (Wildman–Crippen LogP) is 11.0. The Balaban J connectivity index is 0.930. The Morgan fingerprint density at radius 1 is 0.375 bits per heavy atom. The fraction of sp³-hybridized carbons (Fsp3) is 0.284. The molecule has 0 saturated heterocycles. The molecule has 0 aliphatic heterocycles. The molecule has 458 valence electrons. The lowest BCUT2D eigenvalue weighted by atomic mass is 9.85. The molecular formula is C67H73Br3N12O6. The van der Waals surface area contributed by atoms with Crippen LogP contribution < -0.4 is 49.1 Å². The third kappa shape index (κ3) is 17.4. The van der Waals surface area contributed by atoms with Crippen molar-refractivity contribution in [1.29, 1.82) is 0 Å². The molecule has 0 aliphatic rings. The van der Waals surface area contributed by atoms with E-state index in [1.54, 1.807) is 0 Å². The molecule has 0 unspecified atom stereocenters. The van der Waals surface area contributed by atoms with Crippen molar-refractivity contribution in [1.82, 2.24) is 30.9 Å². The summed E-state index contributed by atoms with van der Waals surface area (Å²) in [6.07, 6.45) is 10.8. The number of aromatic nitrogens is 3. The third-order valence-electron chi connectivity index (χ3n) is 15.6. The first-order chi connectivity index (χ1) is 42.6. The molecule has 3 aromatic heterocycles. The number of hydrogen-bond donors (Lipinski definition) is 12. The van der Waals surface area contributed by atoms with E-state index in [2.05, 4.69) is 94.6 Å². The number of carbonyl (C=O) groups is 6. The molecule has 88 heavy (non-hydrogen) atoms. The van der Waals surface area contributed by atoms with Gasteiger partial charge in [-0.25, -0.2) is 0 Å². The van der Waals surface area contributed by atoms with Gasteiger partial charge < -0.3 is 64.1 Å². The Labute approximate surface area is 535 Å². The maximum atomic E-state index is 14.0. The van der Waals surface area contributed by atoms with Crippen molar-refractivity contribution in [2.45, 2.75) is 101 Å². The summed E-state index contributed by atoms with van der Waals surface area (Å²) >= 11 is 10.6. The highest BCUT2D eigenvalue weighted by molar-refractivity contribution is 9.11. The summed E-state index contributed by atoms with van der Waals surface area (Å²) in [4.78, 5) is 92.5. The number of fused-ring (bicyclic) bond motifs is 3. The quantitative estimate of drug-likeness (QED) is 0.0150. The Morgan fingerprint density at radius 2 is 0.648 bits per heavy atom.